The molecule has 2 rings (SSSR count). The quantitative estimate of drug-likeness (QED) is 0.436. The fraction of sp³-hybridized carbons (Fsp3) is 0.278. The van der Waals surface area contributed by atoms with Crippen LogP contribution in [0, 0.1) is 0 Å². The molecule has 0 aliphatic heterocycles. The van der Waals surface area contributed by atoms with Crippen molar-refractivity contribution in [3.8, 4) is 11.5 Å². The van der Waals surface area contributed by atoms with E-state index in [1.165, 1.54) is 0 Å². The molecule has 0 aromatic heterocycles. The highest BCUT2D eigenvalue weighted by molar-refractivity contribution is 14.0. The predicted octanol–water partition coefficient (Wildman–Crippen LogP) is 4.30. The van der Waals surface area contributed by atoms with E-state index in [0.717, 1.165) is 17.1 Å². The molecule has 0 spiro atoms. The Morgan fingerprint density at radius 2 is 1.70 bits per heavy atom. The molecule has 0 saturated carbocycles. The molecule has 0 saturated heterocycles. The number of nitrogens with two attached hydrogens (primary N) is 1. The van der Waals surface area contributed by atoms with E-state index in [0.29, 0.717) is 12.5 Å². The van der Waals surface area contributed by atoms with Crippen molar-refractivity contribution in [1.29, 1.82) is 0 Å². The van der Waals surface area contributed by atoms with Gasteiger partial charge < -0.3 is 15.8 Å². The predicted molar refractivity (Wildman–Crippen MR) is 107 cm³/mol. The van der Waals surface area contributed by atoms with Crippen LogP contribution in [0.25, 0.3) is 0 Å². The molecule has 0 heterocycles. The maximum absolute atomic E-state index is 5.88. The van der Waals surface area contributed by atoms with E-state index >= 15 is 0 Å². The van der Waals surface area contributed by atoms with Crippen molar-refractivity contribution in [3.63, 3.8) is 0 Å². The van der Waals surface area contributed by atoms with E-state index in [1.807, 2.05) is 75.4 Å². The van der Waals surface area contributed by atoms with Gasteiger partial charge >= 0.3 is 0 Å². The van der Waals surface area contributed by atoms with Crippen LogP contribution < -0.4 is 15.8 Å². The topological polar surface area (TPSA) is 59.6 Å². The molecule has 2 aromatic rings. The van der Waals surface area contributed by atoms with Gasteiger partial charge in [-0.15, -0.1) is 24.0 Å². The lowest BCUT2D eigenvalue weighted by molar-refractivity contribution is 0.482. The fourth-order valence-electron chi connectivity index (χ4n) is 1.93. The molecule has 0 fully saturated rings. The molecule has 0 aliphatic carbocycles. The Hall–Kier alpha value is -1.76. The van der Waals surface area contributed by atoms with Crippen LogP contribution in [0.4, 0.5) is 0 Å². The van der Waals surface area contributed by atoms with Crippen molar-refractivity contribution in [1.82, 2.24) is 5.32 Å². The smallest absolute Gasteiger partial charge is 0.189 e. The number of aliphatic imine (C=N–C) groups is 1. The summed E-state index contributed by atoms with van der Waals surface area (Å²) in [5.41, 5.74) is 6.83. The third-order valence-corrected chi connectivity index (χ3v) is 2.81. The number of guanidine groups is 1. The number of nitrogens with one attached hydrogen (secondary N) is 1. The van der Waals surface area contributed by atoms with Crippen molar-refractivity contribution < 1.29 is 4.74 Å². The molecule has 0 amide bonds. The Bertz CT molecular complexity index is 636. The third kappa shape index (κ3) is 7.36. The molecule has 0 aliphatic rings. The summed E-state index contributed by atoms with van der Waals surface area (Å²) in [4.78, 5) is 4.36. The first-order valence-electron chi connectivity index (χ1n) is 7.32. The van der Waals surface area contributed by atoms with Crippen LogP contribution in [-0.4, -0.2) is 11.5 Å². The van der Waals surface area contributed by atoms with Crippen LogP contribution in [0.3, 0.4) is 0 Å². The van der Waals surface area contributed by atoms with Crippen LogP contribution >= 0.6 is 24.0 Å². The molecule has 4 nitrogen and oxygen atoms in total. The molecule has 5 heteroatoms. The first-order chi connectivity index (χ1) is 10.4. The number of hydrogen-bond acceptors (Lipinski definition) is 2. The Morgan fingerprint density at radius 1 is 1.04 bits per heavy atom. The Labute approximate surface area is 155 Å². The summed E-state index contributed by atoms with van der Waals surface area (Å²) >= 11 is 0. The molecule has 0 unspecified atom stereocenters. The molecule has 0 atom stereocenters. The number of rotatable bonds is 4. The van der Waals surface area contributed by atoms with Gasteiger partial charge in [0, 0.05) is 5.54 Å². The minimum absolute atomic E-state index is 0. The molecule has 124 valence electrons. The summed E-state index contributed by atoms with van der Waals surface area (Å²) < 4.78 is 5.81. The number of benzene rings is 2. The van der Waals surface area contributed by atoms with Crippen molar-refractivity contribution in [2.75, 3.05) is 0 Å². The van der Waals surface area contributed by atoms with Crippen molar-refractivity contribution in [2.24, 2.45) is 10.7 Å². The molecule has 0 radical (unpaired) electrons. The number of nitrogens with zero attached hydrogens (tertiary/aromatic N) is 1. The minimum Gasteiger partial charge on any atom is -0.457 e. The monoisotopic (exact) mass is 425 g/mol. The van der Waals surface area contributed by atoms with E-state index < -0.39 is 0 Å². The lowest BCUT2D eigenvalue weighted by Crippen LogP contribution is -2.44. The summed E-state index contributed by atoms with van der Waals surface area (Å²) in [6, 6.07) is 17.6. The van der Waals surface area contributed by atoms with E-state index in [1.54, 1.807) is 0 Å². The van der Waals surface area contributed by atoms with Gasteiger partial charge in [-0.1, -0.05) is 30.3 Å². The largest absolute Gasteiger partial charge is 0.457 e. The van der Waals surface area contributed by atoms with E-state index in [4.69, 9.17) is 10.5 Å². The second-order valence-electron chi connectivity index (χ2n) is 6.14. The van der Waals surface area contributed by atoms with Gasteiger partial charge in [0.15, 0.2) is 5.96 Å². The highest BCUT2D eigenvalue weighted by Gasteiger charge is 2.09. The van der Waals surface area contributed by atoms with Gasteiger partial charge in [0.1, 0.15) is 11.5 Å². The molecular weight excluding hydrogens is 401 g/mol. The summed E-state index contributed by atoms with van der Waals surface area (Å²) in [5, 5.41) is 3.14. The lowest BCUT2D eigenvalue weighted by Gasteiger charge is -2.21. The first-order valence-corrected chi connectivity index (χ1v) is 7.32. The van der Waals surface area contributed by atoms with E-state index in [-0.39, 0.29) is 29.5 Å². The molecule has 23 heavy (non-hydrogen) atoms. The zero-order valence-electron chi connectivity index (χ0n) is 13.7. The zero-order chi connectivity index (χ0) is 16.0. The highest BCUT2D eigenvalue weighted by Crippen LogP contribution is 2.22. The van der Waals surface area contributed by atoms with Crippen molar-refractivity contribution >= 4 is 29.9 Å². The first kappa shape index (κ1) is 19.3. The van der Waals surface area contributed by atoms with Gasteiger partial charge in [0.2, 0.25) is 0 Å². The maximum Gasteiger partial charge on any atom is 0.189 e. The SMILES string of the molecule is CC(C)(C)NC(N)=NCc1cccc(Oc2ccccc2)c1.I. The van der Waals surface area contributed by atoms with Gasteiger partial charge in [-0.3, -0.25) is 0 Å². The summed E-state index contributed by atoms with van der Waals surface area (Å²) in [6.07, 6.45) is 0. The average Bonchev–Trinajstić information content (AvgIpc) is 2.45. The highest BCUT2D eigenvalue weighted by atomic mass is 127. The van der Waals surface area contributed by atoms with Crippen LogP contribution in [-0.2, 0) is 6.54 Å². The standard InChI is InChI=1S/C18H23N3O.HI/c1-18(2,3)21-17(19)20-13-14-8-7-11-16(12-14)22-15-9-5-4-6-10-15;/h4-12H,13H2,1-3H3,(H3,19,20,21);1H. The number of halogens is 1. The summed E-state index contributed by atoms with van der Waals surface area (Å²) in [7, 11) is 0. The van der Waals surface area contributed by atoms with Gasteiger partial charge in [-0.25, -0.2) is 4.99 Å². The normalized spacial score (nSPS) is 11.5. The van der Waals surface area contributed by atoms with E-state index in [2.05, 4.69) is 10.3 Å². The van der Waals surface area contributed by atoms with Gasteiger partial charge in [0.05, 0.1) is 6.54 Å². The Balaban J connectivity index is 0.00000264. The van der Waals surface area contributed by atoms with Crippen molar-refractivity contribution in [2.45, 2.75) is 32.9 Å². The van der Waals surface area contributed by atoms with Gasteiger partial charge in [-0.2, -0.15) is 0 Å². The molecule has 2 aromatic carbocycles. The maximum atomic E-state index is 5.88. The van der Waals surface area contributed by atoms with Crippen LogP contribution in [0.5, 0.6) is 11.5 Å². The Kier molecular flexibility index (Phi) is 7.35. The van der Waals surface area contributed by atoms with Crippen LogP contribution in [0.1, 0.15) is 26.3 Å². The lowest BCUT2D eigenvalue weighted by atomic mass is 10.1. The molecule has 3 N–H and O–H groups in total. The number of para-hydroxylation sites is 1. The fourth-order valence-corrected chi connectivity index (χ4v) is 1.93. The third-order valence-electron chi connectivity index (χ3n) is 2.81. The Morgan fingerprint density at radius 3 is 2.35 bits per heavy atom. The van der Waals surface area contributed by atoms with Gasteiger partial charge in [-0.05, 0) is 50.6 Å². The molecular formula is C18H24IN3O. The van der Waals surface area contributed by atoms with Crippen molar-refractivity contribution in [3.05, 3.63) is 60.2 Å². The van der Waals surface area contributed by atoms with Gasteiger partial charge in [0.25, 0.3) is 0 Å². The number of ether oxygens (including phenoxy) is 1. The average molecular weight is 425 g/mol. The second kappa shape index (κ2) is 8.76. The minimum atomic E-state index is -0.0914. The molecule has 0 bridgehead atoms. The summed E-state index contributed by atoms with van der Waals surface area (Å²) in [5.74, 6) is 2.06. The van der Waals surface area contributed by atoms with Crippen LogP contribution in [0.15, 0.2) is 59.6 Å². The zero-order valence-corrected chi connectivity index (χ0v) is 16.1. The van der Waals surface area contributed by atoms with Crippen LogP contribution in [0.2, 0.25) is 0 Å². The summed E-state index contributed by atoms with van der Waals surface area (Å²) in [6.45, 7) is 6.65. The number of hydrogen-bond donors (Lipinski definition) is 2. The second-order valence-corrected chi connectivity index (χ2v) is 6.14. The van der Waals surface area contributed by atoms with E-state index in [9.17, 15) is 0 Å².